The number of anilines is 1. The van der Waals surface area contributed by atoms with Crippen molar-refractivity contribution in [2.75, 3.05) is 11.5 Å². The number of nitrogens with zero attached hydrogens (tertiary/aromatic N) is 1. The van der Waals surface area contributed by atoms with Gasteiger partial charge in [0.05, 0.1) is 12.2 Å². The van der Waals surface area contributed by atoms with Crippen LogP contribution in [0, 0.1) is 0 Å². The normalized spacial score (nSPS) is 16.9. The van der Waals surface area contributed by atoms with E-state index in [4.69, 9.17) is 16.3 Å². The lowest BCUT2D eigenvalue weighted by Gasteiger charge is -2.30. The summed E-state index contributed by atoms with van der Waals surface area (Å²) in [6.45, 7) is 4.19. The third-order valence-corrected chi connectivity index (χ3v) is 4.37. The quantitative estimate of drug-likeness (QED) is 0.699. The second kappa shape index (κ2) is 7.58. The van der Waals surface area contributed by atoms with Crippen molar-refractivity contribution >= 4 is 23.3 Å². The molecular weight excluding hydrogens is 334 g/mol. The Labute approximate surface area is 153 Å². The van der Waals surface area contributed by atoms with E-state index < -0.39 is 0 Å². The molecule has 0 amide bonds. The zero-order valence-electron chi connectivity index (χ0n) is 14.3. The average molecular weight is 354 g/mol. The molecular formula is C21H20ClNO2. The van der Waals surface area contributed by atoms with Crippen molar-refractivity contribution in [3.63, 3.8) is 0 Å². The summed E-state index contributed by atoms with van der Waals surface area (Å²) < 4.78 is 5.30. The van der Waals surface area contributed by atoms with Crippen molar-refractivity contribution in [1.82, 2.24) is 0 Å². The molecule has 0 radical (unpaired) electrons. The molecule has 3 rings (SSSR count). The number of allylic oxidation sites excluding steroid dienone is 1. The van der Waals surface area contributed by atoms with Crippen molar-refractivity contribution in [2.45, 2.75) is 19.8 Å². The maximum atomic E-state index is 12.6. The lowest BCUT2D eigenvalue weighted by molar-refractivity contribution is -0.138. The predicted octanol–water partition coefficient (Wildman–Crippen LogP) is 5.29. The Morgan fingerprint density at radius 1 is 1.12 bits per heavy atom. The van der Waals surface area contributed by atoms with Crippen molar-refractivity contribution < 1.29 is 9.53 Å². The third-order valence-electron chi connectivity index (χ3n) is 4.14. The van der Waals surface area contributed by atoms with Gasteiger partial charge in [-0.15, -0.1) is 0 Å². The molecule has 0 fully saturated rings. The monoisotopic (exact) mass is 353 g/mol. The summed E-state index contributed by atoms with van der Waals surface area (Å²) in [5.74, 6) is -0.411. The number of hydrogen-bond donors (Lipinski definition) is 0. The molecule has 0 aliphatic carbocycles. The highest BCUT2D eigenvalue weighted by Gasteiger charge is 2.29. The smallest absolute Gasteiger partial charge is 0.336 e. The van der Waals surface area contributed by atoms with E-state index in [1.807, 2.05) is 85.7 Å². The van der Waals surface area contributed by atoms with Crippen LogP contribution in [0.25, 0.3) is 0 Å². The van der Waals surface area contributed by atoms with E-state index in [2.05, 4.69) is 0 Å². The van der Waals surface area contributed by atoms with E-state index in [-0.39, 0.29) is 11.9 Å². The third kappa shape index (κ3) is 3.77. The van der Waals surface area contributed by atoms with Crippen LogP contribution in [-0.4, -0.2) is 12.6 Å². The van der Waals surface area contributed by atoms with Gasteiger partial charge in [0.15, 0.2) is 0 Å². The molecule has 1 aliphatic heterocycles. The number of rotatable bonds is 4. The molecule has 0 bridgehead atoms. The van der Waals surface area contributed by atoms with E-state index in [0.717, 1.165) is 16.8 Å². The van der Waals surface area contributed by atoms with Gasteiger partial charge in [-0.2, -0.15) is 0 Å². The summed E-state index contributed by atoms with van der Waals surface area (Å²) in [5, 5.41) is 0.653. The highest BCUT2D eigenvalue weighted by molar-refractivity contribution is 6.30. The summed E-state index contributed by atoms with van der Waals surface area (Å²) in [4.78, 5) is 14.5. The molecule has 128 valence electrons. The predicted molar refractivity (Wildman–Crippen MR) is 102 cm³/mol. The molecule has 0 aromatic heterocycles. The molecule has 2 aromatic carbocycles. The van der Waals surface area contributed by atoms with Gasteiger partial charge in [-0.3, -0.25) is 0 Å². The molecule has 0 spiro atoms. The highest BCUT2D eigenvalue weighted by atomic mass is 35.5. The first-order chi connectivity index (χ1) is 12.1. The second-order valence-corrected chi connectivity index (χ2v) is 6.35. The number of benzene rings is 2. The van der Waals surface area contributed by atoms with Crippen LogP contribution in [0.3, 0.4) is 0 Å². The minimum absolute atomic E-state index is 0.115. The first-order valence-electron chi connectivity index (χ1n) is 8.26. The Morgan fingerprint density at radius 3 is 2.56 bits per heavy atom. The van der Waals surface area contributed by atoms with E-state index >= 15 is 0 Å². The molecule has 1 unspecified atom stereocenters. The summed E-state index contributed by atoms with van der Waals surface area (Å²) in [7, 11) is 0. The van der Waals surface area contributed by atoms with Crippen LogP contribution in [0.5, 0.6) is 0 Å². The number of hydrogen-bond acceptors (Lipinski definition) is 3. The molecule has 2 aromatic rings. The van der Waals surface area contributed by atoms with Crippen LogP contribution in [-0.2, 0) is 9.53 Å². The summed E-state index contributed by atoms with van der Waals surface area (Å²) in [6, 6.07) is 17.5. The minimum atomic E-state index is -0.296. The fourth-order valence-electron chi connectivity index (χ4n) is 3.06. The Hall–Kier alpha value is -2.52. The van der Waals surface area contributed by atoms with Crippen LogP contribution in [0.2, 0.25) is 5.02 Å². The topological polar surface area (TPSA) is 29.5 Å². The van der Waals surface area contributed by atoms with Crippen LogP contribution >= 0.6 is 11.6 Å². The molecule has 0 N–H and O–H groups in total. The summed E-state index contributed by atoms with van der Waals surface area (Å²) in [5.41, 5.74) is 3.66. The van der Waals surface area contributed by atoms with Crippen LogP contribution in [0.1, 0.15) is 25.3 Å². The molecule has 0 saturated heterocycles. The second-order valence-electron chi connectivity index (χ2n) is 5.91. The standard InChI is InChI=1S/C21H20ClNO2/c1-3-25-21(24)19-14-23(18-11-7-10-17(22)12-18)13-15(2)20(19)16-8-5-4-6-9-16/h4-14,20H,3H2,1-2H3. The van der Waals surface area contributed by atoms with Crippen molar-refractivity contribution in [2.24, 2.45) is 0 Å². The van der Waals surface area contributed by atoms with E-state index in [1.54, 1.807) is 0 Å². The van der Waals surface area contributed by atoms with Crippen LogP contribution in [0.15, 0.2) is 78.1 Å². The number of carbonyl (C=O) groups is 1. The highest BCUT2D eigenvalue weighted by Crippen LogP contribution is 2.37. The van der Waals surface area contributed by atoms with Gasteiger partial charge >= 0.3 is 5.97 Å². The molecule has 4 heteroatoms. The fraction of sp³-hybridized carbons (Fsp3) is 0.190. The molecule has 1 heterocycles. The zero-order chi connectivity index (χ0) is 17.8. The maximum Gasteiger partial charge on any atom is 0.336 e. The largest absolute Gasteiger partial charge is 0.463 e. The van der Waals surface area contributed by atoms with Gasteiger partial charge in [-0.05, 0) is 43.2 Å². The first kappa shape index (κ1) is 17.3. The number of halogens is 1. The molecule has 1 aliphatic rings. The van der Waals surface area contributed by atoms with Gasteiger partial charge in [-0.1, -0.05) is 48.0 Å². The number of carbonyl (C=O) groups excluding carboxylic acids is 1. The van der Waals surface area contributed by atoms with Gasteiger partial charge in [0.2, 0.25) is 0 Å². The van der Waals surface area contributed by atoms with Crippen LogP contribution < -0.4 is 4.90 Å². The van der Waals surface area contributed by atoms with E-state index in [1.165, 1.54) is 0 Å². The van der Waals surface area contributed by atoms with Crippen molar-refractivity contribution in [3.05, 3.63) is 88.7 Å². The lowest BCUT2D eigenvalue weighted by atomic mass is 9.84. The Bertz CT molecular complexity index is 827. The summed E-state index contributed by atoms with van der Waals surface area (Å²) >= 11 is 6.11. The lowest BCUT2D eigenvalue weighted by Crippen LogP contribution is -2.24. The SMILES string of the molecule is CCOC(=O)C1=CN(c2cccc(Cl)c2)C=C(C)C1c1ccccc1. The average Bonchev–Trinajstić information content (AvgIpc) is 2.62. The number of esters is 1. The van der Waals surface area contributed by atoms with E-state index in [9.17, 15) is 4.79 Å². The zero-order valence-corrected chi connectivity index (χ0v) is 15.0. The van der Waals surface area contributed by atoms with Crippen molar-refractivity contribution in [1.29, 1.82) is 0 Å². The molecule has 0 saturated carbocycles. The fourth-order valence-corrected chi connectivity index (χ4v) is 3.24. The van der Waals surface area contributed by atoms with Gasteiger partial charge < -0.3 is 9.64 Å². The van der Waals surface area contributed by atoms with Gasteiger partial charge in [0, 0.05) is 29.0 Å². The van der Waals surface area contributed by atoms with Gasteiger partial charge in [0.1, 0.15) is 0 Å². The Kier molecular flexibility index (Phi) is 5.25. The van der Waals surface area contributed by atoms with E-state index in [0.29, 0.717) is 17.2 Å². The number of ether oxygens (including phenoxy) is 1. The Morgan fingerprint density at radius 2 is 1.88 bits per heavy atom. The minimum Gasteiger partial charge on any atom is -0.463 e. The van der Waals surface area contributed by atoms with Crippen molar-refractivity contribution in [3.8, 4) is 0 Å². The summed E-state index contributed by atoms with van der Waals surface area (Å²) in [6.07, 6.45) is 3.88. The maximum absolute atomic E-state index is 12.6. The van der Waals surface area contributed by atoms with Crippen LogP contribution in [0.4, 0.5) is 5.69 Å². The van der Waals surface area contributed by atoms with Gasteiger partial charge in [-0.25, -0.2) is 4.79 Å². The molecule has 1 atom stereocenters. The molecule has 3 nitrogen and oxygen atoms in total. The molecule has 25 heavy (non-hydrogen) atoms. The first-order valence-corrected chi connectivity index (χ1v) is 8.64. The Balaban J connectivity index is 2.05. The van der Waals surface area contributed by atoms with Gasteiger partial charge in [0.25, 0.3) is 0 Å².